The maximum Gasteiger partial charge on any atom is 0.268 e. The number of carbonyl (C=O) groups excluding carboxylic acids is 2. The third-order valence-corrected chi connectivity index (χ3v) is 3.45. The number of nitrogens with one attached hydrogen (secondary N) is 2. The Hall–Kier alpha value is -1.44. The van der Waals surface area contributed by atoms with Crippen LogP contribution in [0.15, 0.2) is 22.7 Å². The molecule has 6 nitrogen and oxygen atoms in total. The summed E-state index contributed by atoms with van der Waals surface area (Å²) in [5.41, 5.74) is 2.71. The quantitative estimate of drug-likeness (QED) is 0.483. The van der Waals surface area contributed by atoms with Crippen LogP contribution in [-0.2, 0) is 4.79 Å². The number of aliphatic hydroxyl groups is 1. The molecule has 0 spiro atoms. The lowest BCUT2D eigenvalue weighted by Gasteiger charge is -2.19. The van der Waals surface area contributed by atoms with Gasteiger partial charge < -0.3 is 10.4 Å². The van der Waals surface area contributed by atoms with E-state index in [0.29, 0.717) is 5.56 Å². The number of aliphatic hydroxyl groups excluding tert-OH is 1. The smallest absolute Gasteiger partial charge is 0.268 e. The molecule has 0 bridgehead atoms. The summed E-state index contributed by atoms with van der Waals surface area (Å²) in [6.45, 7) is 3.22. The molecule has 7 heteroatoms. The fourth-order valence-electron chi connectivity index (χ4n) is 1.43. The van der Waals surface area contributed by atoms with Gasteiger partial charge in [-0.15, -0.1) is 0 Å². The number of amides is 2. The van der Waals surface area contributed by atoms with Crippen LogP contribution in [0.5, 0.6) is 0 Å². The van der Waals surface area contributed by atoms with Gasteiger partial charge in [-0.05, 0) is 31.5 Å². The Labute approximate surface area is 118 Å². The highest BCUT2D eigenvalue weighted by atomic mass is 79.9. The van der Waals surface area contributed by atoms with Gasteiger partial charge in [0.25, 0.3) is 11.8 Å². The zero-order valence-corrected chi connectivity index (χ0v) is 12.1. The van der Waals surface area contributed by atoms with Gasteiger partial charge in [0.05, 0.1) is 6.10 Å². The van der Waals surface area contributed by atoms with Gasteiger partial charge in [0, 0.05) is 10.0 Å². The second kappa shape index (κ2) is 6.65. The second-order valence-corrected chi connectivity index (χ2v) is 4.99. The van der Waals surface area contributed by atoms with Gasteiger partial charge in [-0.3, -0.25) is 14.8 Å². The molecule has 0 aliphatic rings. The molecule has 0 fully saturated rings. The number of rotatable bonds is 4. The second-order valence-electron chi connectivity index (χ2n) is 4.13. The van der Waals surface area contributed by atoms with Crippen molar-refractivity contribution in [1.82, 2.24) is 10.8 Å². The van der Waals surface area contributed by atoms with Crippen molar-refractivity contribution in [2.45, 2.75) is 26.0 Å². The molecular formula is C12H15BrN2O4. The first-order valence-electron chi connectivity index (χ1n) is 5.56. The van der Waals surface area contributed by atoms with E-state index in [0.717, 1.165) is 10.0 Å². The summed E-state index contributed by atoms with van der Waals surface area (Å²) in [6.07, 6.45) is -1.13. The Kier molecular flexibility index (Phi) is 5.46. The largest absolute Gasteiger partial charge is 0.391 e. The summed E-state index contributed by atoms with van der Waals surface area (Å²) in [6, 6.07) is 3.74. The molecule has 19 heavy (non-hydrogen) atoms. The van der Waals surface area contributed by atoms with Crippen LogP contribution in [0.4, 0.5) is 0 Å². The molecule has 2 amide bonds. The molecular weight excluding hydrogens is 316 g/mol. The lowest BCUT2D eigenvalue weighted by molar-refractivity contribution is -0.133. The molecule has 0 saturated heterocycles. The Bertz CT molecular complexity index is 491. The molecule has 0 heterocycles. The van der Waals surface area contributed by atoms with Crippen LogP contribution in [0.3, 0.4) is 0 Å². The fraction of sp³-hybridized carbons (Fsp3) is 0.333. The van der Waals surface area contributed by atoms with E-state index >= 15 is 0 Å². The number of benzene rings is 1. The van der Waals surface area contributed by atoms with Crippen molar-refractivity contribution in [2.75, 3.05) is 0 Å². The molecule has 0 aliphatic carbocycles. The molecule has 4 N–H and O–H groups in total. The summed E-state index contributed by atoms with van der Waals surface area (Å²) in [4.78, 5) is 23.2. The van der Waals surface area contributed by atoms with E-state index in [9.17, 15) is 14.7 Å². The minimum atomic E-state index is -1.22. The summed E-state index contributed by atoms with van der Waals surface area (Å²) in [5, 5.41) is 20.3. The summed E-state index contributed by atoms with van der Waals surface area (Å²) in [5.74, 6) is -1.40. The first-order valence-corrected chi connectivity index (χ1v) is 6.35. The third kappa shape index (κ3) is 4.02. The summed E-state index contributed by atoms with van der Waals surface area (Å²) >= 11 is 3.30. The molecule has 0 radical (unpaired) electrons. The van der Waals surface area contributed by atoms with Crippen molar-refractivity contribution in [3.05, 3.63) is 33.8 Å². The van der Waals surface area contributed by atoms with Crippen molar-refractivity contribution in [3.8, 4) is 0 Å². The molecule has 2 atom stereocenters. The molecule has 0 saturated carbocycles. The van der Waals surface area contributed by atoms with Crippen LogP contribution in [0.1, 0.15) is 22.8 Å². The zero-order chi connectivity index (χ0) is 14.6. The molecule has 0 aliphatic heterocycles. The lowest BCUT2D eigenvalue weighted by atomic mass is 10.1. The summed E-state index contributed by atoms with van der Waals surface area (Å²) < 4.78 is 0.764. The van der Waals surface area contributed by atoms with Crippen molar-refractivity contribution in [1.29, 1.82) is 0 Å². The number of halogens is 1. The topological polar surface area (TPSA) is 98.7 Å². The van der Waals surface area contributed by atoms with Crippen molar-refractivity contribution in [2.24, 2.45) is 0 Å². The molecule has 104 valence electrons. The monoisotopic (exact) mass is 330 g/mol. The number of hydroxylamine groups is 1. The van der Waals surface area contributed by atoms with E-state index < -0.39 is 24.0 Å². The number of carbonyl (C=O) groups is 2. The predicted molar refractivity (Wildman–Crippen MR) is 71.7 cm³/mol. The molecule has 1 aromatic carbocycles. The van der Waals surface area contributed by atoms with Gasteiger partial charge in [0.15, 0.2) is 0 Å². The maximum atomic E-state index is 11.9. The summed E-state index contributed by atoms with van der Waals surface area (Å²) in [7, 11) is 0. The highest BCUT2D eigenvalue weighted by Gasteiger charge is 2.25. The van der Waals surface area contributed by atoms with E-state index in [1.807, 2.05) is 6.92 Å². The van der Waals surface area contributed by atoms with Gasteiger partial charge in [-0.1, -0.05) is 22.0 Å². The van der Waals surface area contributed by atoms with Gasteiger partial charge in [0.2, 0.25) is 0 Å². The average Bonchev–Trinajstić information content (AvgIpc) is 2.37. The van der Waals surface area contributed by atoms with Crippen LogP contribution in [-0.4, -0.2) is 34.3 Å². The van der Waals surface area contributed by atoms with Crippen LogP contribution >= 0.6 is 15.9 Å². The maximum absolute atomic E-state index is 11.9. The molecule has 0 aromatic heterocycles. The minimum absolute atomic E-state index is 0.342. The Morgan fingerprint density at radius 3 is 2.47 bits per heavy atom. The molecule has 0 unspecified atom stereocenters. The fourth-order valence-corrected chi connectivity index (χ4v) is 1.81. The normalized spacial score (nSPS) is 13.5. The van der Waals surface area contributed by atoms with Crippen LogP contribution in [0, 0.1) is 6.92 Å². The van der Waals surface area contributed by atoms with Crippen LogP contribution in [0.2, 0.25) is 0 Å². The first-order chi connectivity index (χ1) is 8.86. The van der Waals surface area contributed by atoms with Crippen molar-refractivity contribution < 1.29 is 19.9 Å². The Morgan fingerprint density at radius 1 is 1.37 bits per heavy atom. The highest BCUT2D eigenvalue weighted by molar-refractivity contribution is 9.10. The van der Waals surface area contributed by atoms with Crippen LogP contribution < -0.4 is 10.8 Å². The number of aryl methyl sites for hydroxylation is 1. The van der Waals surface area contributed by atoms with E-state index in [-0.39, 0.29) is 0 Å². The van der Waals surface area contributed by atoms with E-state index in [2.05, 4.69) is 21.2 Å². The third-order valence-electron chi connectivity index (χ3n) is 2.60. The predicted octanol–water partition coefficient (Wildman–Crippen LogP) is 0.742. The van der Waals surface area contributed by atoms with Gasteiger partial charge >= 0.3 is 0 Å². The Balaban J connectivity index is 2.87. The van der Waals surface area contributed by atoms with E-state index in [4.69, 9.17) is 5.21 Å². The molecule has 1 rings (SSSR count). The average molecular weight is 331 g/mol. The Morgan fingerprint density at radius 2 is 2.00 bits per heavy atom. The minimum Gasteiger partial charge on any atom is -0.391 e. The molecule has 1 aromatic rings. The van der Waals surface area contributed by atoms with Crippen LogP contribution in [0.25, 0.3) is 0 Å². The lowest BCUT2D eigenvalue weighted by Crippen LogP contribution is -2.51. The van der Waals surface area contributed by atoms with Gasteiger partial charge in [-0.25, -0.2) is 5.48 Å². The number of hydrogen-bond donors (Lipinski definition) is 4. The van der Waals surface area contributed by atoms with E-state index in [1.54, 1.807) is 18.2 Å². The number of hydrogen-bond acceptors (Lipinski definition) is 4. The SMILES string of the molecule is Cc1ccc(C(=O)N[C@H](C(=O)NO)[C@@H](C)O)cc1Br. The van der Waals surface area contributed by atoms with Crippen molar-refractivity contribution in [3.63, 3.8) is 0 Å². The van der Waals surface area contributed by atoms with Gasteiger partial charge in [0.1, 0.15) is 6.04 Å². The standard InChI is InChI=1S/C12H15BrN2O4/c1-6-3-4-8(5-9(6)13)11(17)14-10(7(2)16)12(18)15-19/h3-5,7,10,16,19H,1-2H3,(H,14,17)(H,15,18)/t7-,10+/m1/s1. The van der Waals surface area contributed by atoms with Gasteiger partial charge in [-0.2, -0.15) is 0 Å². The first kappa shape index (κ1) is 15.6. The van der Waals surface area contributed by atoms with E-state index in [1.165, 1.54) is 12.4 Å². The highest BCUT2D eigenvalue weighted by Crippen LogP contribution is 2.17. The van der Waals surface area contributed by atoms with Crippen molar-refractivity contribution >= 4 is 27.7 Å². The zero-order valence-electron chi connectivity index (χ0n) is 10.5.